The summed E-state index contributed by atoms with van der Waals surface area (Å²) in [5, 5.41) is 0. The van der Waals surface area contributed by atoms with Crippen molar-refractivity contribution >= 4 is 5.69 Å². The van der Waals surface area contributed by atoms with Gasteiger partial charge in [0.2, 0.25) is 0 Å². The molecule has 150 valence electrons. The van der Waals surface area contributed by atoms with Crippen molar-refractivity contribution in [2.24, 2.45) is 5.41 Å². The highest BCUT2D eigenvalue weighted by molar-refractivity contribution is 5.60. The fourth-order valence-electron chi connectivity index (χ4n) is 4.92. The topological polar surface area (TPSA) is 28.2 Å². The van der Waals surface area contributed by atoms with Gasteiger partial charge in [-0.2, -0.15) is 0 Å². The second-order valence-electron chi connectivity index (χ2n) is 9.10. The Hall–Kier alpha value is -1.14. The zero-order chi connectivity index (χ0) is 18.7. The molecule has 3 aliphatic rings. The zero-order valence-electron chi connectivity index (χ0n) is 17.0. The maximum Gasteiger partial charge on any atom is 0.0594 e. The Bertz CT molecular complexity index is 609. The van der Waals surface area contributed by atoms with Crippen molar-refractivity contribution in [3.63, 3.8) is 0 Å². The first-order valence-electron chi connectivity index (χ1n) is 10.5. The SMILES string of the molecule is CC(C)(CN1CCOCC1)CN1CC(CN2CCOCC2)c2ccccc21. The number of benzene rings is 1. The number of para-hydroxylation sites is 1. The van der Waals surface area contributed by atoms with Gasteiger partial charge in [0.25, 0.3) is 0 Å². The van der Waals surface area contributed by atoms with Crippen LogP contribution in [0.2, 0.25) is 0 Å². The van der Waals surface area contributed by atoms with Gasteiger partial charge in [-0.3, -0.25) is 9.80 Å². The largest absolute Gasteiger partial charge is 0.379 e. The molecule has 2 saturated heterocycles. The lowest BCUT2D eigenvalue weighted by Gasteiger charge is -2.38. The van der Waals surface area contributed by atoms with Gasteiger partial charge in [-0.25, -0.2) is 0 Å². The molecule has 5 nitrogen and oxygen atoms in total. The van der Waals surface area contributed by atoms with Crippen molar-refractivity contribution in [3.05, 3.63) is 29.8 Å². The molecule has 1 unspecified atom stereocenters. The van der Waals surface area contributed by atoms with E-state index in [-0.39, 0.29) is 5.41 Å². The van der Waals surface area contributed by atoms with E-state index in [9.17, 15) is 0 Å². The Morgan fingerprint density at radius 2 is 1.52 bits per heavy atom. The number of hydrogen-bond acceptors (Lipinski definition) is 5. The van der Waals surface area contributed by atoms with Crippen molar-refractivity contribution in [3.8, 4) is 0 Å². The predicted octanol–water partition coefficient (Wildman–Crippen LogP) is 2.28. The highest BCUT2D eigenvalue weighted by Gasteiger charge is 2.34. The first-order valence-corrected chi connectivity index (χ1v) is 10.5. The van der Waals surface area contributed by atoms with E-state index in [0.717, 1.165) is 78.8 Å². The van der Waals surface area contributed by atoms with Crippen LogP contribution >= 0.6 is 0 Å². The van der Waals surface area contributed by atoms with E-state index in [1.165, 1.54) is 11.3 Å². The van der Waals surface area contributed by atoms with Crippen LogP contribution in [0.3, 0.4) is 0 Å². The third-order valence-corrected chi connectivity index (χ3v) is 6.11. The van der Waals surface area contributed by atoms with E-state index in [2.05, 4.69) is 52.8 Å². The monoisotopic (exact) mass is 373 g/mol. The number of ether oxygens (including phenoxy) is 2. The van der Waals surface area contributed by atoms with E-state index in [4.69, 9.17) is 9.47 Å². The lowest BCUT2D eigenvalue weighted by molar-refractivity contribution is 0.0221. The van der Waals surface area contributed by atoms with Crippen molar-refractivity contribution in [1.29, 1.82) is 0 Å². The fraction of sp³-hybridized carbons (Fsp3) is 0.727. The maximum atomic E-state index is 5.53. The third-order valence-electron chi connectivity index (χ3n) is 6.11. The zero-order valence-corrected chi connectivity index (χ0v) is 17.0. The summed E-state index contributed by atoms with van der Waals surface area (Å²) in [7, 11) is 0. The Balaban J connectivity index is 1.41. The van der Waals surface area contributed by atoms with Crippen LogP contribution in [-0.2, 0) is 9.47 Å². The van der Waals surface area contributed by atoms with Crippen molar-refractivity contribution in [2.75, 3.05) is 83.7 Å². The quantitative estimate of drug-likeness (QED) is 0.763. The summed E-state index contributed by atoms with van der Waals surface area (Å²) in [5.74, 6) is 0.610. The number of anilines is 1. The molecule has 0 radical (unpaired) electrons. The Labute approximate surface area is 164 Å². The summed E-state index contributed by atoms with van der Waals surface area (Å²) in [5.41, 5.74) is 3.25. The number of morpholine rings is 2. The number of hydrogen-bond donors (Lipinski definition) is 0. The molecule has 0 amide bonds. The van der Waals surface area contributed by atoms with Gasteiger partial charge in [-0.15, -0.1) is 0 Å². The van der Waals surface area contributed by atoms with Crippen LogP contribution < -0.4 is 4.90 Å². The van der Waals surface area contributed by atoms with Crippen LogP contribution in [0.25, 0.3) is 0 Å². The van der Waals surface area contributed by atoms with Crippen LogP contribution in [-0.4, -0.2) is 88.6 Å². The van der Waals surface area contributed by atoms with Crippen LogP contribution in [0.5, 0.6) is 0 Å². The van der Waals surface area contributed by atoms with Crippen LogP contribution in [0, 0.1) is 5.41 Å². The van der Waals surface area contributed by atoms with Gasteiger partial charge in [0.05, 0.1) is 26.4 Å². The first kappa shape index (κ1) is 19.2. The minimum atomic E-state index is 0.262. The van der Waals surface area contributed by atoms with Gasteiger partial charge in [0.15, 0.2) is 0 Å². The van der Waals surface area contributed by atoms with Crippen molar-refractivity contribution in [1.82, 2.24) is 9.80 Å². The van der Waals surface area contributed by atoms with Crippen molar-refractivity contribution < 1.29 is 9.47 Å². The average molecular weight is 374 g/mol. The van der Waals surface area contributed by atoms with Crippen LogP contribution in [0.1, 0.15) is 25.3 Å². The van der Waals surface area contributed by atoms with Crippen molar-refractivity contribution in [2.45, 2.75) is 19.8 Å². The standard InChI is InChI=1S/C22H35N3O2/c1-22(2,17-24-9-13-27-14-10-24)18-25-16-19(15-23-7-11-26-12-8-23)20-5-3-4-6-21(20)25/h3-6,19H,7-18H2,1-2H3. The lowest BCUT2D eigenvalue weighted by Crippen LogP contribution is -2.46. The molecule has 1 atom stereocenters. The highest BCUT2D eigenvalue weighted by Crippen LogP contribution is 2.38. The van der Waals surface area contributed by atoms with E-state index in [1.54, 1.807) is 0 Å². The predicted molar refractivity (Wildman–Crippen MR) is 110 cm³/mol. The summed E-state index contributed by atoms with van der Waals surface area (Å²) in [6, 6.07) is 9.06. The molecule has 0 aliphatic carbocycles. The molecule has 0 N–H and O–H groups in total. The summed E-state index contributed by atoms with van der Waals surface area (Å²) in [6.07, 6.45) is 0. The number of nitrogens with zero attached hydrogens (tertiary/aromatic N) is 3. The van der Waals surface area contributed by atoms with Gasteiger partial charge in [0, 0.05) is 64.0 Å². The first-order chi connectivity index (χ1) is 13.1. The fourth-order valence-corrected chi connectivity index (χ4v) is 4.92. The van der Waals surface area contributed by atoms with Gasteiger partial charge in [-0.05, 0) is 17.0 Å². The summed E-state index contributed by atoms with van der Waals surface area (Å²) in [4.78, 5) is 7.78. The summed E-state index contributed by atoms with van der Waals surface area (Å²) < 4.78 is 11.0. The Kier molecular flexibility index (Phi) is 6.02. The molecule has 0 spiro atoms. The molecule has 27 heavy (non-hydrogen) atoms. The molecule has 3 aliphatic heterocycles. The summed E-state index contributed by atoms with van der Waals surface area (Å²) >= 11 is 0. The van der Waals surface area contributed by atoms with E-state index < -0.39 is 0 Å². The minimum absolute atomic E-state index is 0.262. The van der Waals surface area contributed by atoms with E-state index in [0.29, 0.717) is 5.92 Å². The molecule has 5 heteroatoms. The smallest absolute Gasteiger partial charge is 0.0594 e. The highest BCUT2D eigenvalue weighted by atomic mass is 16.5. The third kappa shape index (κ3) is 4.83. The van der Waals surface area contributed by atoms with E-state index >= 15 is 0 Å². The number of rotatable bonds is 6. The molecule has 3 heterocycles. The normalized spacial score (nSPS) is 25.0. The van der Waals surface area contributed by atoms with Gasteiger partial charge in [0.1, 0.15) is 0 Å². The van der Waals surface area contributed by atoms with Gasteiger partial charge < -0.3 is 14.4 Å². The number of fused-ring (bicyclic) bond motifs is 1. The molecular weight excluding hydrogens is 338 g/mol. The lowest BCUT2D eigenvalue weighted by atomic mass is 9.91. The van der Waals surface area contributed by atoms with Gasteiger partial charge >= 0.3 is 0 Å². The molecule has 0 bridgehead atoms. The molecule has 0 aromatic heterocycles. The Morgan fingerprint density at radius 3 is 2.22 bits per heavy atom. The Morgan fingerprint density at radius 1 is 0.889 bits per heavy atom. The molecule has 2 fully saturated rings. The molecular formula is C22H35N3O2. The maximum absolute atomic E-state index is 5.53. The molecule has 4 rings (SSSR count). The molecule has 1 aromatic rings. The second kappa shape index (κ2) is 8.48. The van der Waals surface area contributed by atoms with Crippen LogP contribution in [0.4, 0.5) is 5.69 Å². The average Bonchev–Trinajstić information content (AvgIpc) is 3.00. The molecule has 1 aromatic carbocycles. The second-order valence-corrected chi connectivity index (χ2v) is 9.10. The molecule has 0 saturated carbocycles. The van der Waals surface area contributed by atoms with E-state index in [1.807, 2.05) is 0 Å². The van der Waals surface area contributed by atoms with Gasteiger partial charge in [-0.1, -0.05) is 32.0 Å². The minimum Gasteiger partial charge on any atom is -0.379 e. The summed E-state index contributed by atoms with van der Waals surface area (Å²) in [6.45, 7) is 17.2. The van der Waals surface area contributed by atoms with Crippen LogP contribution in [0.15, 0.2) is 24.3 Å².